The third-order valence-corrected chi connectivity index (χ3v) is 1.68. The lowest BCUT2D eigenvalue weighted by Crippen LogP contribution is -2.35. The largest absolute Gasteiger partial charge is 0.481 e. The van der Waals surface area contributed by atoms with Crippen LogP contribution in [-0.4, -0.2) is 59.8 Å². The summed E-state index contributed by atoms with van der Waals surface area (Å²) in [5.41, 5.74) is -1.39. The van der Waals surface area contributed by atoms with Gasteiger partial charge in [0, 0.05) is 20.6 Å². The van der Waals surface area contributed by atoms with Gasteiger partial charge in [-0.1, -0.05) is 6.92 Å². The molecule has 0 aromatic rings. The Bertz CT molecular complexity index is 211. The first-order valence-corrected chi connectivity index (χ1v) is 5.32. The average molecular weight is 268 g/mol. The van der Waals surface area contributed by atoms with Gasteiger partial charge >= 0.3 is 11.9 Å². The summed E-state index contributed by atoms with van der Waals surface area (Å²) in [5, 5.41) is 33.1. The number of aliphatic hydroxyl groups is 2. The smallest absolute Gasteiger partial charge is 0.314 e. The fourth-order valence-electron chi connectivity index (χ4n) is 0.399. The summed E-state index contributed by atoms with van der Waals surface area (Å²) in [6.45, 7) is 2.03. The maximum atomic E-state index is 10.2. The van der Waals surface area contributed by atoms with Crippen molar-refractivity contribution in [2.24, 2.45) is 5.41 Å². The van der Waals surface area contributed by atoms with Gasteiger partial charge < -0.3 is 25.2 Å². The molecule has 0 bridgehead atoms. The van der Waals surface area contributed by atoms with Crippen LogP contribution in [0.3, 0.4) is 0 Å². The van der Waals surface area contributed by atoms with Crippen LogP contribution in [-0.2, 0) is 14.3 Å². The van der Waals surface area contributed by atoms with E-state index >= 15 is 0 Å². The number of methoxy groups -OCH3 is 1. The molecule has 0 aliphatic heterocycles. The topological polar surface area (TPSA) is 124 Å². The summed E-state index contributed by atoms with van der Waals surface area (Å²) in [5.74, 6) is -1.90. The quantitative estimate of drug-likeness (QED) is 0.561. The summed E-state index contributed by atoms with van der Waals surface area (Å²) in [6, 6.07) is 0. The van der Waals surface area contributed by atoms with E-state index < -0.39 is 30.6 Å². The van der Waals surface area contributed by atoms with E-state index in [2.05, 4.69) is 4.74 Å². The van der Waals surface area contributed by atoms with Gasteiger partial charge in [-0.3, -0.25) is 9.59 Å². The molecule has 0 aliphatic rings. The van der Waals surface area contributed by atoms with Crippen molar-refractivity contribution in [1.29, 1.82) is 0 Å². The molecular formula is C11H24O7. The molecule has 110 valence electrons. The second kappa shape index (κ2) is 13.9. The molecule has 0 heterocycles. The van der Waals surface area contributed by atoms with Crippen LogP contribution in [0.25, 0.3) is 0 Å². The van der Waals surface area contributed by atoms with E-state index in [-0.39, 0.29) is 0 Å². The fourth-order valence-corrected chi connectivity index (χ4v) is 0.399. The van der Waals surface area contributed by atoms with Crippen molar-refractivity contribution in [3.05, 3.63) is 0 Å². The number of hydrogen-bond donors (Lipinski definition) is 4. The molecule has 0 aliphatic carbocycles. The van der Waals surface area contributed by atoms with Gasteiger partial charge in [0.2, 0.25) is 0 Å². The van der Waals surface area contributed by atoms with Crippen LogP contribution in [0, 0.1) is 5.41 Å². The zero-order chi connectivity index (χ0) is 15.2. The van der Waals surface area contributed by atoms with Crippen LogP contribution >= 0.6 is 0 Å². The summed E-state index contributed by atoms with van der Waals surface area (Å²) < 4.78 is 4.25. The number of carbonyl (C=O) groups is 2. The van der Waals surface area contributed by atoms with Crippen molar-refractivity contribution in [3.63, 3.8) is 0 Å². The zero-order valence-corrected chi connectivity index (χ0v) is 11.3. The van der Waals surface area contributed by atoms with Gasteiger partial charge in [-0.15, -0.1) is 0 Å². The molecule has 0 unspecified atom stereocenters. The highest BCUT2D eigenvalue weighted by Gasteiger charge is 2.31. The minimum absolute atomic E-state index is 0.292. The Balaban J connectivity index is -0.000000216. The Morgan fingerprint density at radius 1 is 1.11 bits per heavy atom. The Kier molecular flexibility index (Phi) is 17.0. The van der Waals surface area contributed by atoms with Crippen LogP contribution in [0.2, 0.25) is 0 Å². The van der Waals surface area contributed by atoms with E-state index in [9.17, 15) is 9.59 Å². The Morgan fingerprint density at radius 3 is 1.44 bits per heavy atom. The number of carboxylic acid groups (broad SMARTS) is 2. The number of ether oxygens (including phenoxy) is 1. The molecular weight excluding hydrogens is 244 g/mol. The minimum Gasteiger partial charge on any atom is -0.481 e. The molecule has 4 N–H and O–H groups in total. The van der Waals surface area contributed by atoms with E-state index in [1.165, 1.54) is 6.92 Å². The van der Waals surface area contributed by atoms with Crippen molar-refractivity contribution >= 4 is 11.9 Å². The molecule has 7 heteroatoms. The fraction of sp³-hybridized carbons (Fsp3) is 0.818. The third-order valence-electron chi connectivity index (χ3n) is 1.68. The summed E-state index contributed by atoms with van der Waals surface area (Å²) in [7, 11) is 3.25. The first kappa shape index (κ1) is 22.0. The molecule has 0 saturated carbocycles. The molecule has 18 heavy (non-hydrogen) atoms. The predicted molar refractivity (Wildman–Crippen MR) is 65.4 cm³/mol. The van der Waals surface area contributed by atoms with Crippen molar-refractivity contribution < 1.29 is 34.8 Å². The monoisotopic (exact) mass is 268 g/mol. The first-order valence-electron chi connectivity index (χ1n) is 5.32. The van der Waals surface area contributed by atoms with Gasteiger partial charge in [0.05, 0.1) is 13.2 Å². The van der Waals surface area contributed by atoms with E-state index in [0.29, 0.717) is 6.42 Å². The predicted octanol–water partition coefficient (Wildman–Crippen LogP) is 0.196. The van der Waals surface area contributed by atoms with E-state index in [0.717, 1.165) is 6.42 Å². The Morgan fingerprint density at radius 2 is 1.44 bits per heavy atom. The number of hydrogen-bond acceptors (Lipinski definition) is 5. The van der Waals surface area contributed by atoms with E-state index in [1.54, 1.807) is 14.2 Å². The zero-order valence-electron chi connectivity index (χ0n) is 11.3. The van der Waals surface area contributed by atoms with Crippen molar-refractivity contribution in [2.45, 2.75) is 26.7 Å². The first-order chi connectivity index (χ1) is 8.25. The second-order valence-electron chi connectivity index (χ2n) is 3.73. The van der Waals surface area contributed by atoms with Gasteiger partial charge in [0.1, 0.15) is 5.41 Å². The van der Waals surface area contributed by atoms with E-state index in [1.807, 2.05) is 6.92 Å². The van der Waals surface area contributed by atoms with Crippen LogP contribution in [0.5, 0.6) is 0 Å². The van der Waals surface area contributed by atoms with Crippen LogP contribution in [0.1, 0.15) is 26.7 Å². The lowest BCUT2D eigenvalue weighted by Gasteiger charge is -2.17. The molecule has 0 atom stereocenters. The molecule has 0 radical (unpaired) electrons. The molecule has 7 nitrogen and oxygen atoms in total. The number of aliphatic carboxylic acids is 2. The van der Waals surface area contributed by atoms with E-state index in [4.69, 9.17) is 20.4 Å². The number of aliphatic hydroxyl groups excluding tert-OH is 2. The maximum absolute atomic E-state index is 10.2. The molecule has 0 aromatic carbocycles. The second-order valence-corrected chi connectivity index (χ2v) is 3.73. The Labute approximate surface area is 107 Å². The lowest BCUT2D eigenvalue weighted by molar-refractivity contribution is -0.153. The van der Waals surface area contributed by atoms with Gasteiger partial charge in [-0.05, 0) is 13.3 Å². The summed E-state index contributed by atoms with van der Waals surface area (Å²) in [4.78, 5) is 19.8. The standard InChI is InChI=1S/C5H10O4.C4H8O2.C2H6O/c1-5(2-6,3-7)4(8)9;1-2-3-4(5)6;1-3-2/h6-7H,2-3H2,1H3,(H,8,9);2-3H2,1H3,(H,5,6);1-2H3. The molecule has 0 aromatic heterocycles. The molecule has 0 amide bonds. The maximum Gasteiger partial charge on any atom is 0.314 e. The molecule has 0 spiro atoms. The average Bonchev–Trinajstić information content (AvgIpc) is 2.29. The molecule has 0 saturated heterocycles. The number of carboxylic acids is 2. The van der Waals surface area contributed by atoms with Gasteiger partial charge in [-0.25, -0.2) is 0 Å². The molecule has 0 rings (SSSR count). The van der Waals surface area contributed by atoms with Crippen LogP contribution in [0.4, 0.5) is 0 Å². The van der Waals surface area contributed by atoms with Crippen molar-refractivity contribution in [1.82, 2.24) is 0 Å². The summed E-state index contributed by atoms with van der Waals surface area (Å²) in [6.07, 6.45) is 1.02. The van der Waals surface area contributed by atoms with Crippen LogP contribution < -0.4 is 0 Å². The minimum atomic E-state index is -1.39. The normalized spacial score (nSPS) is 9.44. The summed E-state index contributed by atoms with van der Waals surface area (Å²) >= 11 is 0. The highest BCUT2D eigenvalue weighted by molar-refractivity contribution is 5.74. The highest BCUT2D eigenvalue weighted by atomic mass is 16.4. The molecule has 0 fully saturated rings. The SMILES string of the molecule is CC(CO)(CO)C(=O)O.CCCC(=O)O.COC. The highest BCUT2D eigenvalue weighted by Crippen LogP contribution is 2.12. The van der Waals surface area contributed by atoms with Gasteiger partial charge in [0.15, 0.2) is 0 Å². The Hall–Kier alpha value is -1.18. The number of rotatable bonds is 5. The van der Waals surface area contributed by atoms with Crippen molar-refractivity contribution in [3.8, 4) is 0 Å². The lowest BCUT2D eigenvalue weighted by atomic mass is 9.94. The van der Waals surface area contributed by atoms with Crippen molar-refractivity contribution in [2.75, 3.05) is 27.4 Å². The van der Waals surface area contributed by atoms with Gasteiger partial charge in [0.25, 0.3) is 0 Å². The third kappa shape index (κ3) is 14.8. The van der Waals surface area contributed by atoms with Gasteiger partial charge in [-0.2, -0.15) is 0 Å². The van der Waals surface area contributed by atoms with Crippen LogP contribution in [0.15, 0.2) is 0 Å².